The zero-order valence-electron chi connectivity index (χ0n) is 16.7. The Kier molecular flexibility index (Phi) is 5.25. The number of amides is 2. The molecule has 2 N–H and O–H groups in total. The molecule has 1 fully saturated rings. The molecule has 150 valence electrons. The minimum atomic E-state index is -0.201. The molecule has 2 aromatic carbocycles. The van der Waals surface area contributed by atoms with Gasteiger partial charge in [0.2, 0.25) is 5.91 Å². The normalized spacial score (nSPS) is 16.2. The molecule has 1 aliphatic rings. The molecular weight excluding hydrogens is 366 g/mol. The van der Waals surface area contributed by atoms with Crippen LogP contribution in [0, 0.1) is 0 Å². The molecule has 1 aromatic heterocycles. The van der Waals surface area contributed by atoms with Crippen LogP contribution in [-0.4, -0.2) is 34.8 Å². The van der Waals surface area contributed by atoms with Gasteiger partial charge in [0.05, 0.1) is 18.3 Å². The van der Waals surface area contributed by atoms with Crippen molar-refractivity contribution in [3.63, 3.8) is 0 Å². The Labute approximate surface area is 169 Å². The van der Waals surface area contributed by atoms with Gasteiger partial charge in [0.25, 0.3) is 5.91 Å². The highest BCUT2D eigenvalue weighted by Crippen LogP contribution is 2.36. The number of fused-ring (bicyclic) bond motifs is 1. The van der Waals surface area contributed by atoms with E-state index in [9.17, 15) is 9.59 Å². The van der Waals surface area contributed by atoms with Crippen molar-refractivity contribution in [3.8, 4) is 5.75 Å². The van der Waals surface area contributed by atoms with Gasteiger partial charge >= 0.3 is 0 Å². The predicted octanol–water partition coefficient (Wildman–Crippen LogP) is 4.50. The molecule has 1 saturated heterocycles. The van der Waals surface area contributed by atoms with Crippen LogP contribution in [0.2, 0.25) is 0 Å². The number of H-pyrrole nitrogens is 1. The number of benzene rings is 2. The topological polar surface area (TPSA) is 74.4 Å². The van der Waals surface area contributed by atoms with Gasteiger partial charge in [0, 0.05) is 24.4 Å². The first kappa shape index (κ1) is 19.1. The van der Waals surface area contributed by atoms with Crippen molar-refractivity contribution < 1.29 is 14.3 Å². The lowest BCUT2D eigenvalue weighted by Gasteiger charge is -2.25. The number of para-hydroxylation sites is 1. The van der Waals surface area contributed by atoms with Crippen LogP contribution >= 0.6 is 0 Å². The molecule has 1 aliphatic heterocycles. The van der Waals surface area contributed by atoms with Crippen molar-refractivity contribution in [2.45, 2.75) is 32.7 Å². The zero-order chi connectivity index (χ0) is 20.4. The number of anilines is 1. The number of nitrogens with one attached hydrogen (secondary N) is 2. The zero-order valence-corrected chi connectivity index (χ0v) is 16.7. The van der Waals surface area contributed by atoms with Gasteiger partial charge in [-0.25, -0.2) is 0 Å². The maximum atomic E-state index is 13.5. The summed E-state index contributed by atoms with van der Waals surface area (Å²) < 4.78 is 5.53. The summed E-state index contributed by atoms with van der Waals surface area (Å²) in [7, 11) is 0. The van der Waals surface area contributed by atoms with Crippen LogP contribution in [0.25, 0.3) is 10.9 Å². The number of rotatable bonds is 5. The number of aromatic amines is 1. The maximum Gasteiger partial charge on any atom is 0.272 e. The van der Waals surface area contributed by atoms with Gasteiger partial charge in [-0.1, -0.05) is 30.3 Å². The van der Waals surface area contributed by atoms with Crippen LogP contribution in [0.5, 0.6) is 5.75 Å². The fourth-order valence-corrected chi connectivity index (χ4v) is 4.06. The van der Waals surface area contributed by atoms with Crippen LogP contribution in [0.3, 0.4) is 0 Å². The summed E-state index contributed by atoms with van der Waals surface area (Å²) in [5, 5.41) is 3.68. The average molecular weight is 391 g/mol. The Bertz CT molecular complexity index is 1040. The number of hydrogen-bond donors (Lipinski definition) is 2. The molecule has 2 amide bonds. The molecule has 0 saturated carbocycles. The van der Waals surface area contributed by atoms with Gasteiger partial charge in [-0.2, -0.15) is 0 Å². The van der Waals surface area contributed by atoms with Crippen molar-refractivity contribution >= 4 is 28.4 Å². The van der Waals surface area contributed by atoms with E-state index in [1.54, 1.807) is 0 Å². The Balaban J connectivity index is 1.67. The molecule has 0 radical (unpaired) electrons. The fourth-order valence-electron chi connectivity index (χ4n) is 4.06. The third kappa shape index (κ3) is 3.70. The molecule has 6 heteroatoms. The molecule has 3 aromatic rings. The van der Waals surface area contributed by atoms with Crippen molar-refractivity contribution in [2.24, 2.45) is 0 Å². The smallest absolute Gasteiger partial charge is 0.272 e. The van der Waals surface area contributed by atoms with E-state index < -0.39 is 0 Å². The second-order valence-corrected chi connectivity index (χ2v) is 7.26. The standard InChI is InChI=1S/C23H25N3O3/c1-3-29-17-12-10-16(11-13-17)20-9-6-14-26(20)23(28)22-21(24-15(2)27)18-7-4-5-8-19(18)25-22/h4-5,7-8,10-13,20,25H,3,6,9,14H2,1-2H3,(H,24,27)/t20-/m1/s1. The van der Waals surface area contributed by atoms with Crippen molar-refractivity contribution in [3.05, 3.63) is 59.8 Å². The Morgan fingerprint density at radius 2 is 1.93 bits per heavy atom. The van der Waals surface area contributed by atoms with Gasteiger partial charge in [0.1, 0.15) is 11.4 Å². The Hall–Kier alpha value is -3.28. The number of carbonyl (C=O) groups excluding carboxylic acids is 2. The Morgan fingerprint density at radius 1 is 1.17 bits per heavy atom. The number of likely N-dealkylation sites (tertiary alicyclic amines) is 1. The van der Waals surface area contributed by atoms with Crippen molar-refractivity contribution in [1.29, 1.82) is 0 Å². The van der Waals surface area contributed by atoms with E-state index in [2.05, 4.69) is 10.3 Å². The van der Waals surface area contributed by atoms with Gasteiger partial charge in [-0.3, -0.25) is 9.59 Å². The minimum absolute atomic E-state index is 0.00904. The molecular formula is C23H25N3O3. The first-order valence-electron chi connectivity index (χ1n) is 10.0. The van der Waals surface area contributed by atoms with Crippen molar-refractivity contribution in [2.75, 3.05) is 18.5 Å². The fraction of sp³-hybridized carbons (Fsp3) is 0.304. The number of hydrogen-bond acceptors (Lipinski definition) is 3. The molecule has 2 heterocycles. The molecule has 6 nitrogen and oxygen atoms in total. The molecule has 4 rings (SSSR count). The van der Waals surface area contributed by atoms with E-state index in [-0.39, 0.29) is 17.9 Å². The lowest BCUT2D eigenvalue weighted by Crippen LogP contribution is -2.31. The Morgan fingerprint density at radius 3 is 2.66 bits per heavy atom. The third-order valence-corrected chi connectivity index (χ3v) is 5.31. The van der Waals surface area contributed by atoms with Crippen LogP contribution in [0.1, 0.15) is 48.8 Å². The van der Waals surface area contributed by atoms with Gasteiger partial charge in [0.15, 0.2) is 0 Å². The monoisotopic (exact) mass is 391 g/mol. The molecule has 0 bridgehead atoms. The third-order valence-electron chi connectivity index (χ3n) is 5.31. The lowest BCUT2D eigenvalue weighted by atomic mass is 10.0. The molecule has 0 aliphatic carbocycles. The largest absolute Gasteiger partial charge is 0.494 e. The van der Waals surface area contributed by atoms with E-state index in [4.69, 9.17) is 4.74 Å². The highest BCUT2D eigenvalue weighted by Gasteiger charge is 2.33. The summed E-state index contributed by atoms with van der Waals surface area (Å²) in [5.74, 6) is 0.533. The quantitative estimate of drug-likeness (QED) is 0.672. The number of nitrogens with zero attached hydrogens (tertiary/aromatic N) is 1. The summed E-state index contributed by atoms with van der Waals surface area (Å²) in [6.45, 7) is 4.72. The minimum Gasteiger partial charge on any atom is -0.494 e. The summed E-state index contributed by atoms with van der Waals surface area (Å²) in [6.07, 6.45) is 1.86. The second-order valence-electron chi connectivity index (χ2n) is 7.26. The van der Waals surface area contributed by atoms with Crippen LogP contribution in [-0.2, 0) is 4.79 Å². The lowest BCUT2D eigenvalue weighted by molar-refractivity contribution is -0.114. The number of ether oxygens (including phenoxy) is 1. The summed E-state index contributed by atoms with van der Waals surface area (Å²) in [4.78, 5) is 30.4. The summed E-state index contributed by atoms with van der Waals surface area (Å²) >= 11 is 0. The van der Waals surface area contributed by atoms with Crippen molar-refractivity contribution in [1.82, 2.24) is 9.88 Å². The summed E-state index contributed by atoms with van der Waals surface area (Å²) in [5.41, 5.74) is 2.91. The molecule has 1 atom stereocenters. The molecule has 29 heavy (non-hydrogen) atoms. The first-order chi connectivity index (χ1) is 14.1. The number of carbonyl (C=O) groups is 2. The van der Waals surface area contributed by atoms with Gasteiger partial charge < -0.3 is 19.9 Å². The highest BCUT2D eigenvalue weighted by atomic mass is 16.5. The van der Waals surface area contributed by atoms with Gasteiger partial charge in [-0.15, -0.1) is 0 Å². The van der Waals surface area contributed by atoms with E-state index in [1.807, 2.05) is 60.4 Å². The van der Waals surface area contributed by atoms with Crippen LogP contribution in [0.4, 0.5) is 5.69 Å². The first-order valence-corrected chi connectivity index (χ1v) is 10.0. The molecule has 0 spiro atoms. The van der Waals surface area contributed by atoms with E-state index in [1.165, 1.54) is 6.92 Å². The highest BCUT2D eigenvalue weighted by molar-refractivity contribution is 6.12. The number of aromatic nitrogens is 1. The maximum absolute atomic E-state index is 13.5. The van der Waals surface area contributed by atoms with Gasteiger partial charge in [-0.05, 0) is 43.5 Å². The van der Waals surface area contributed by atoms with E-state index in [0.717, 1.165) is 35.1 Å². The summed E-state index contributed by atoms with van der Waals surface area (Å²) in [6, 6.07) is 15.6. The van der Waals surface area contributed by atoms with E-state index >= 15 is 0 Å². The second kappa shape index (κ2) is 7.99. The van der Waals surface area contributed by atoms with Crippen LogP contribution < -0.4 is 10.1 Å². The average Bonchev–Trinajstić information content (AvgIpc) is 3.34. The molecule has 0 unspecified atom stereocenters. The SMILES string of the molecule is CCOc1ccc([C@H]2CCCN2C(=O)c2[nH]c3ccccc3c2NC(C)=O)cc1. The van der Waals surface area contributed by atoms with Crippen LogP contribution in [0.15, 0.2) is 48.5 Å². The van der Waals surface area contributed by atoms with E-state index in [0.29, 0.717) is 24.5 Å². The predicted molar refractivity (Wildman–Crippen MR) is 113 cm³/mol.